The van der Waals surface area contributed by atoms with Gasteiger partial charge in [-0.25, -0.2) is 0 Å². The molecular weight excluding hydrogens is 241 g/mol. The first-order valence-electron chi connectivity index (χ1n) is 6.54. The van der Waals surface area contributed by atoms with E-state index in [2.05, 4.69) is 11.9 Å². The fourth-order valence-electron chi connectivity index (χ4n) is 4.90. The van der Waals surface area contributed by atoms with Crippen molar-refractivity contribution in [3.8, 4) is 0 Å². The molecule has 0 atom stereocenters. The number of nitrogens with zero attached hydrogens (tertiary/aromatic N) is 1. The van der Waals surface area contributed by atoms with E-state index in [4.69, 9.17) is 11.6 Å². The molecule has 16 heavy (non-hydrogen) atoms. The van der Waals surface area contributed by atoms with E-state index in [1.165, 1.54) is 25.7 Å². The first-order chi connectivity index (χ1) is 7.28. The van der Waals surface area contributed by atoms with Crippen molar-refractivity contribution in [2.45, 2.75) is 38.1 Å². The van der Waals surface area contributed by atoms with E-state index in [9.17, 15) is 0 Å². The van der Waals surface area contributed by atoms with Gasteiger partial charge in [0.1, 0.15) is 0 Å². The van der Waals surface area contributed by atoms with Gasteiger partial charge in [-0.05, 0) is 62.8 Å². The van der Waals surface area contributed by atoms with Crippen LogP contribution in [-0.2, 0) is 0 Å². The summed E-state index contributed by atoms with van der Waals surface area (Å²) in [6, 6.07) is 0.872. The highest BCUT2D eigenvalue weighted by Crippen LogP contribution is 2.54. The molecule has 4 rings (SSSR count). The Kier molecular flexibility index (Phi) is 4.09. The van der Waals surface area contributed by atoms with Crippen LogP contribution in [0.5, 0.6) is 0 Å². The molecule has 4 fully saturated rings. The van der Waals surface area contributed by atoms with Crippen LogP contribution in [0.4, 0.5) is 0 Å². The standard InChI is InChI=1S/C13H22ClN.ClH/c1-15(3-2-14)13-11-5-9-4-10(7-11)8-12(13)6-9;/h9-13H,2-8H2,1H3;1H. The molecule has 0 spiro atoms. The molecule has 0 N–H and O–H groups in total. The quantitative estimate of drug-likeness (QED) is 0.706. The summed E-state index contributed by atoms with van der Waals surface area (Å²) in [6.07, 6.45) is 7.63. The van der Waals surface area contributed by atoms with E-state index in [-0.39, 0.29) is 12.4 Å². The van der Waals surface area contributed by atoms with Crippen molar-refractivity contribution in [2.75, 3.05) is 19.5 Å². The van der Waals surface area contributed by atoms with Gasteiger partial charge < -0.3 is 4.90 Å². The van der Waals surface area contributed by atoms with Crippen LogP contribution >= 0.6 is 24.0 Å². The molecule has 3 heteroatoms. The molecular formula is C13H23Cl2N. The molecule has 4 aliphatic carbocycles. The van der Waals surface area contributed by atoms with Crippen molar-refractivity contribution in [1.29, 1.82) is 0 Å². The molecule has 4 bridgehead atoms. The van der Waals surface area contributed by atoms with Gasteiger partial charge in [-0.15, -0.1) is 24.0 Å². The van der Waals surface area contributed by atoms with E-state index < -0.39 is 0 Å². The summed E-state index contributed by atoms with van der Waals surface area (Å²) in [5, 5.41) is 0. The number of hydrogen-bond donors (Lipinski definition) is 0. The maximum absolute atomic E-state index is 5.87. The summed E-state index contributed by atoms with van der Waals surface area (Å²) in [6.45, 7) is 1.08. The lowest BCUT2D eigenvalue weighted by Gasteiger charge is -2.56. The minimum atomic E-state index is 0. The van der Waals surface area contributed by atoms with E-state index in [0.717, 1.165) is 42.1 Å². The number of halogens is 2. The zero-order valence-electron chi connectivity index (χ0n) is 10.1. The van der Waals surface area contributed by atoms with E-state index in [1.54, 1.807) is 6.42 Å². The lowest BCUT2D eigenvalue weighted by molar-refractivity contribution is -0.0556. The molecule has 4 aliphatic rings. The third kappa shape index (κ3) is 2.11. The molecule has 0 unspecified atom stereocenters. The number of hydrogen-bond acceptors (Lipinski definition) is 1. The second kappa shape index (κ2) is 5.04. The lowest BCUT2D eigenvalue weighted by atomic mass is 9.54. The molecule has 0 aromatic rings. The van der Waals surface area contributed by atoms with E-state index in [1.807, 2.05) is 0 Å². The molecule has 0 heterocycles. The highest BCUT2D eigenvalue weighted by molar-refractivity contribution is 6.18. The molecule has 1 nitrogen and oxygen atoms in total. The van der Waals surface area contributed by atoms with Crippen molar-refractivity contribution in [1.82, 2.24) is 4.90 Å². The molecule has 0 saturated heterocycles. The Morgan fingerprint density at radius 1 is 1.00 bits per heavy atom. The topological polar surface area (TPSA) is 3.24 Å². The Hall–Kier alpha value is 0.540. The summed E-state index contributed by atoms with van der Waals surface area (Å²) >= 11 is 5.87. The van der Waals surface area contributed by atoms with Crippen molar-refractivity contribution >= 4 is 24.0 Å². The summed E-state index contributed by atoms with van der Waals surface area (Å²) in [4.78, 5) is 2.56. The van der Waals surface area contributed by atoms with Crippen molar-refractivity contribution in [3.63, 3.8) is 0 Å². The Labute approximate surface area is 110 Å². The first-order valence-corrected chi connectivity index (χ1v) is 7.07. The van der Waals surface area contributed by atoms with Crippen LogP contribution in [0.2, 0.25) is 0 Å². The van der Waals surface area contributed by atoms with Crippen LogP contribution in [0.3, 0.4) is 0 Å². The zero-order valence-corrected chi connectivity index (χ0v) is 11.6. The van der Waals surface area contributed by atoms with Gasteiger partial charge in [0.25, 0.3) is 0 Å². The predicted octanol–water partition coefficient (Wildman–Crippen LogP) is 3.40. The fraction of sp³-hybridized carbons (Fsp3) is 1.00. The lowest BCUT2D eigenvalue weighted by Crippen LogP contribution is -2.55. The van der Waals surface area contributed by atoms with Crippen LogP contribution < -0.4 is 0 Å². The molecule has 0 amide bonds. The highest BCUT2D eigenvalue weighted by atomic mass is 35.5. The molecule has 4 saturated carbocycles. The monoisotopic (exact) mass is 263 g/mol. The Balaban J connectivity index is 0.000000963. The minimum absolute atomic E-state index is 0. The highest BCUT2D eigenvalue weighted by Gasteiger charge is 2.49. The third-order valence-corrected chi connectivity index (χ3v) is 5.29. The second-order valence-corrected chi connectivity index (χ2v) is 6.47. The normalized spacial score (nSPS) is 44.8. The molecule has 0 aromatic carbocycles. The van der Waals surface area contributed by atoms with Gasteiger partial charge >= 0.3 is 0 Å². The summed E-state index contributed by atoms with van der Waals surface area (Å²) < 4.78 is 0. The Bertz CT molecular complexity index is 216. The zero-order chi connectivity index (χ0) is 10.4. The maximum atomic E-state index is 5.87. The van der Waals surface area contributed by atoms with Crippen LogP contribution in [0.1, 0.15) is 32.1 Å². The van der Waals surface area contributed by atoms with Gasteiger partial charge in [0.2, 0.25) is 0 Å². The van der Waals surface area contributed by atoms with Gasteiger partial charge in [-0.3, -0.25) is 0 Å². The van der Waals surface area contributed by atoms with Gasteiger partial charge in [0.05, 0.1) is 0 Å². The summed E-state index contributed by atoms with van der Waals surface area (Å²) in [5.74, 6) is 4.99. The second-order valence-electron chi connectivity index (χ2n) is 6.09. The van der Waals surface area contributed by atoms with E-state index >= 15 is 0 Å². The molecule has 0 aliphatic heterocycles. The Morgan fingerprint density at radius 3 is 1.94 bits per heavy atom. The smallest absolute Gasteiger partial charge is 0.0351 e. The van der Waals surface area contributed by atoms with Gasteiger partial charge in [0, 0.05) is 18.5 Å². The van der Waals surface area contributed by atoms with Gasteiger partial charge in [-0.1, -0.05) is 0 Å². The molecule has 0 aromatic heterocycles. The van der Waals surface area contributed by atoms with Crippen molar-refractivity contribution in [2.24, 2.45) is 23.7 Å². The average Bonchev–Trinajstić information content (AvgIpc) is 2.15. The first kappa shape index (κ1) is 13.0. The van der Waals surface area contributed by atoms with Gasteiger partial charge in [-0.2, -0.15) is 0 Å². The average molecular weight is 264 g/mol. The molecule has 0 radical (unpaired) electrons. The fourth-order valence-corrected chi connectivity index (χ4v) is 5.17. The maximum Gasteiger partial charge on any atom is 0.0351 e. The largest absolute Gasteiger partial charge is 0.302 e. The van der Waals surface area contributed by atoms with Gasteiger partial charge in [0.15, 0.2) is 0 Å². The van der Waals surface area contributed by atoms with Crippen LogP contribution in [0.15, 0.2) is 0 Å². The minimum Gasteiger partial charge on any atom is -0.302 e. The van der Waals surface area contributed by atoms with Crippen molar-refractivity contribution < 1.29 is 0 Å². The summed E-state index contributed by atoms with van der Waals surface area (Å²) in [5.41, 5.74) is 0. The van der Waals surface area contributed by atoms with E-state index in [0.29, 0.717) is 0 Å². The summed E-state index contributed by atoms with van der Waals surface area (Å²) in [7, 11) is 2.29. The van der Waals surface area contributed by atoms with Crippen molar-refractivity contribution in [3.05, 3.63) is 0 Å². The molecule has 94 valence electrons. The van der Waals surface area contributed by atoms with Crippen LogP contribution in [-0.4, -0.2) is 30.4 Å². The number of rotatable bonds is 3. The predicted molar refractivity (Wildman–Crippen MR) is 71.4 cm³/mol. The number of alkyl halides is 1. The third-order valence-electron chi connectivity index (χ3n) is 5.12. The Morgan fingerprint density at radius 2 is 1.50 bits per heavy atom. The van der Waals surface area contributed by atoms with Crippen LogP contribution in [0, 0.1) is 23.7 Å². The SMILES string of the molecule is CN(CCCl)C1C2CC3CC(C2)CC1C3.Cl. The van der Waals surface area contributed by atoms with Crippen LogP contribution in [0.25, 0.3) is 0 Å².